The summed E-state index contributed by atoms with van der Waals surface area (Å²) in [5.41, 5.74) is 6.65. The molecule has 0 heterocycles. The molecule has 2 rings (SSSR count). The molecule has 16 heavy (non-hydrogen) atoms. The predicted octanol–water partition coefficient (Wildman–Crippen LogP) is 2.88. The fourth-order valence-electron chi connectivity index (χ4n) is 2.39. The highest BCUT2D eigenvalue weighted by molar-refractivity contribution is 5.53. The SMILES string of the molecule is Nc1ccc(C2CCC(C=O)CC2)cc1F. The second-order valence-electron chi connectivity index (χ2n) is 4.53. The van der Waals surface area contributed by atoms with Crippen molar-refractivity contribution in [2.24, 2.45) is 5.92 Å². The molecule has 0 amide bonds. The normalized spacial score (nSPS) is 25.3. The maximum atomic E-state index is 13.3. The van der Waals surface area contributed by atoms with Crippen molar-refractivity contribution >= 4 is 12.0 Å². The summed E-state index contributed by atoms with van der Waals surface area (Å²) in [6, 6.07) is 5.04. The summed E-state index contributed by atoms with van der Waals surface area (Å²) < 4.78 is 13.3. The zero-order chi connectivity index (χ0) is 11.5. The molecule has 0 bridgehead atoms. The first-order valence-electron chi connectivity index (χ1n) is 5.71. The zero-order valence-corrected chi connectivity index (χ0v) is 9.16. The van der Waals surface area contributed by atoms with Crippen LogP contribution >= 0.6 is 0 Å². The number of hydrogen-bond acceptors (Lipinski definition) is 2. The van der Waals surface area contributed by atoms with Gasteiger partial charge in [-0.1, -0.05) is 6.07 Å². The minimum atomic E-state index is -0.338. The summed E-state index contributed by atoms with van der Waals surface area (Å²) in [4.78, 5) is 10.6. The third-order valence-electron chi connectivity index (χ3n) is 3.46. The van der Waals surface area contributed by atoms with Crippen molar-refractivity contribution in [1.29, 1.82) is 0 Å². The summed E-state index contributed by atoms with van der Waals surface area (Å²) in [5, 5.41) is 0. The lowest BCUT2D eigenvalue weighted by Gasteiger charge is -2.25. The highest BCUT2D eigenvalue weighted by Gasteiger charge is 2.22. The number of anilines is 1. The fourth-order valence-corrected chi connectivity index (χ4v) is 2.39. The maximum Gasteiger partial charge on any atom is 0.146 e. The fraction of sp³-hybridized carbons (Fsp3) is 0.462. The molecule has 2 nitrogen and oxygen atoms in total. The molecule has 86 valence electrons. The molecule has 0 aromatic heterocycles. The van der Waals surface area contributed by atoms with Crippen LogP contribution in [0.2, 0.25) is 0 Å². The summed E-state index contributed by atoms with van der Waals surface area (Å²) in [7, 11) is 0. The molecule has 0 aliphatic heterocycles. The Bertz CT molecular complexity index is 384. The number of nitrogens with two attached hydrogens (primary N) is 1. The van der Waals surface area contributed by atoms with E-state index in [0.717, 1.165) is 37.5 Å². The van der Waals surface area contributed by atoms with Crippen LogP contribution in [0.25, 0.3) is 0 Å². The van der Waals surface area contributed by atoms with Gasteiger partial charge in [0, 0.05) is 5.92 Å². The van der Waals surface area contributed by atoms with Crippen LogP contribution in [-0.2, 0) is 4.79 Å². The van der Waals surface area contributed by atoms with Gasteiger partial charge in [0.25, 0.3) is 0 Å². The van der Waals surface area contributed by atoms with Crippen LogP contribution in [0.4, 0.5) is 10.1 Å². The predicted molar refractivity (Wildman–Crippen MR) is 61.6 cm³/mol. The summed E-state index contributed by atoms with van der Waals surface area (Å²) in [6.45, 7) is 0. The molecular weight excluding hydrogens is 205 g/mol. The van der Waals surface area contributed by atoms with E-state index in [9.17, 15) is 9.18 Å². The van der Waals surface area contributed by atoms with E-state index in [1.807, 2.05) is 6.07 Å². The molecule has 1 saturated carbocycles. The van der Waals surface area contributed by atoms with E-state index in [4.69, 9.17) is 5.73 Å². The standard InChI is InChI=1S/C13H16FNO/c14-12-7-11(5-6-13(12)15)10-3-1-9(8-16)2-4-10/h5-10H,1-4,15H2. The van der Waals surface area contributed by atoms with Crippen molar-refractivity contribution in [3.63, 3.8) is 0 Å². The quantitative estimate of drug-likeness (QED) is 0.616. The van der Waals surface area contributed by atoms with Crippen LogP contribution < -0.4 is 5.73 Å². The molecule has 0 spiro atoms. The van der Waals surface area contributed by atoms with E-state index in [2.05, 4.69) is 0 Å². The van der Waals surface area contributed by atoms with Crippen molar-refractivity contribution in [2.45, 2.75) is 31.6 Å². The Kier molecular flexibility index (Phi) is 3.22. The number of halogens is 1. The van der Waals surface area contributed by atoms with E-state index in [1.54, 1.807) is 6.07 Å². The van der Waals surface area contributed by atoms with Crippen molar-refractivity contribution in [2.75, 3.05) is 5.73 Å². The van der Waals surface area contributed by atoms with Gasteiger partial charge < -0.3 is 10.5 Å². The van der Waals surface area contributed by atoms with Gasteiger partial charge in [-0.2, -0.15) is 0 Å². The molecule has 0 radical (unpaired) electrons. The second-order valence-corrected chi connectivity index (χ2v) is 4.53. The monoisotopic (exact) mass is 221 g/mol. The third kappa shape index (κ3) is 2.23. The first-order chi connectivity index (χ1) is 7.70. The van der Waals surface area contributed by atoms with Gasteiger partial charge in [0.2, 0.25) is 0 Å². The van der Waals surface area contributed by atoms with Gasteiger partial charge in [-0.05, 0) is 49.3 Å². The lowest BCUT2D eigenvalue weighted by Crippen LogP contribution is -2.14. The number of nitrogen functional groups attached to an aromatic ring is 1. The molecule has 1 aromatic carbocycles. The van der Waals surface area contributed by atoms with Crippen molar-refractivity contribution in [3.05, 3.63) is 29.6 Å². The van der Waals surface area contributed by atoms with Crippen molar-refractivity contribution < 1.29 is 9.18 Å². The lowest BCUT2D eigenvalue weighted by molar-refractivity contribution is -0.111. The van der Waals surface area contributed by atoms with Crippen LogP contribution in [0, 0.1) is 11.7 Å². The van der Waals surface area contributed by atoms with Crippen LogP contribution in [0.5, 0.6) is 0 Å². The lowest BCUT2D eigenvalue weighted by atomic mass is 9.79. The highest BCUT2D eigenvalue weighted by Crippen LogP contribution is 2.35. The molecule has 1 aliphatic carbocycles. The van der Waals surface area contributed by atoms with Gasteiger partial charge in [-0.15, -0.1) is 0 Å². The number of carbonyl (C=O) groups excluding carboxylic acids is 1. The van der Waals surface area contributed by atoms with Crippen LogP contribution in [0.3, 0.4) is 0 Å². The number of rotatable bonds is 2. The summed E-state index contributed by atoms with van der Waals surface area (Å²) in [5.74, 6) is 0.246. The Hall–Kier alpha value is -1.38. The first kappa shape index (κ1) is 11.1. The van der Waals surface area contributed by atoms with Crippen molar-refractivity contribution in [1.82, 2.24) is 0 Å². The van der Waals surface area contributed by atoms with Crippen LogP contribution in [0.1, 0.15) is 37.2 Å². The maximum absolute atomic E-state index is 13.3. The Morgan fingerprint density at radius 2 is 1.94 bits per heavy atom. The molecule has 0 unspecified atom stereocenters. The number of aldehydes is 1. The molecule has 0 atom stereocenters. The Morgan fingerprint density at radius 1 is 1.25 bits per heavy atom. The van der Waals surface area contributed by atoms with E-state index in [-0.39, 0.29) is 17.4 Å². The zero-order valence-electron chi connectivity index (χ0n) is 9.16. The topological polar surface area (TPSA) is 43.1 Å². The third-order valence-corrected chi connectivity index (χ3v) is 3.46. The highest BCUT2D eigenvalue weighted by atomic mass is 19.1. The van der Waals surface area contributed by atoms with E-state index in [1.165, 1.54) is 6.07 Å². The van der Waals surface area contributed by atoms with Gasteiger partial charge in [-0.3, -0.25) is 0 Å². The van der Waals surface area contributed by atoms with E-state index >= 15 is 0 Å². The summed E-state index contributed by atoms with van der Waals surface area (Å²) in [6.07, 6.45) is 4.81. The van der Waals surface area contributed by atoms with E-state index < -0.39 is 0 Å². The van der Waals surface area contributed by atoms with Gasteiger partial charge in [0.05, 0.1) is 5.69 Å². The molecular formula is C13H16FNO. The molecule has 1 fully saturated rings. The van der Waals surface area contributed by atoms with Crippen LogP contribution in [-0.4, -0.2) is 6.29 Å². The largest absolute Gasteiger partial charge is 0.396 e. The summed E-state index contributed by atoms with van der Waals surface area (Å²) >= 11 is 0. The minimum absolute atomic E-state index is 0.199. The number of hydrogen-bond donors (Lipinski definition) is 1. The Labute approximate surface area is 94.6 Å². The minimum Gasteiger partial charge on any atom is -0.396 e. The van der Waals surface area contributed by atoms with Gasteiger partial charge >= 0.3 is 0 Å². The van der Waals surface area contributed by atoms with Gasteiger partial charge in [-0.25, -0.2) is 4.39 Å². The van der Waals surface area contributed by atoms with Crippen molar-refractivity contribution in [3.8, 4) is 0 Å². The molecule has 3 heteroatoms. The molecule has 0 saturated heterocycles. The van der Waals surface area contributed by atoms with Crippen LogP contribution in [0.15, 0.2) is 18.2 Å². The Balaban J connectivity index is 2.08. The van der Waals surface area contributed by atoms with Gasteiger partial charge in [0.15, 0.2) is 0 Å². The molecule has 1 aliphatic rings. The number of benzene rings is 1. The van der Waals surface area contributed by atoms with E-state index in [0.29, 0.717) is 5.92 Å². The Morgan fingerprint density at radius 3 is 2.50 bits per heavy atom. The second kappa shape index (κ2) is 4.64. The first-order valence-corrected chi connectivity index (χ1v) is 5.71. The smallest absolute Gasteiger partial charge is 0.146 e. The molecule has 2 N–H and O–H groups in total. The molecule has 1 aromatic rings. The average molecular weight is 221 g/mol. The average Bonchev–Trinajstić information content (AvgIpc) is 2.33. The van der Waals surface area contributed by atoms with Gasteiger partial charge in [0.1, 0.15) is 12.1 Å². The number of carbonyl (C=O) groups is 1.